The quantitative estimate of drug-likeness (QED) is 0.853. The van der Waals surface area contributed by atoms with Crippen molar-refractivity contribution >= 4 is 36.5 Å². The number of halogens is 2. The van der Waals surface area contributed by atoms with Gasteiger partial charge in [0.1, 0.15) is 0 Å². The van der Waals surface area contributed by atoms with Crippen LogP contribution < -0.4 is 5.32 Å². The van der Waals surface area contributed by atoms with Gasteiger partial charge in [0.2, 0.25) is 5.82 Å². The zero-order chi connectivity index (χ0) is 16.1. The van der Waals surface area contributed by atoms with Crippen LogP contribution in [0.15, 0.2) is 6.07 Å². The Hall–Kier alpha value is -1.44. The van der Waals surface area contributed by atoms with E-state index < -0.39 is 0 Å². The van der Waals surface area contributed by atoms with Gasteiger partial charge in [0, 0.05) is 36.6 Å². The van der Waals surface area contributed by atoms with Crippen molar-refractivity contribution in [2.45, 2.75) is 57.7 Å². The molecule has 138 valence electrons. The minimum atomic E-state index is -0.112. The Morgan fingerprint density at radius 2 is 1.84 bits per heavy atom. The summed E-state index contributed by atoms with van der Waals surface area (Å²) in [6.45, 7) is 3.86. The lowest BCUT2D eigenvalue weighted by Crippen LogP contribution is -2.48. The van der Waals surface area contributed by atoms with Crippen LogP contribution in [0, 0.1) is 13.8 Å². The highest BCUT2D eigenvalue weighted by molar-refractivity contribution is 5.91. The first kappa shape index (κ1) is 19.9. The molecule has 0 aliphatic carbocycles. The first-order valence-electron chi connectivity index (χ1n) is 8.25. The number of hydrogen-bond acceptors (Lipinski definition) is 5. The maximum Gasteiger partial charge on any atom is 0.293 e. The fourth-order valence-electron chi connectivity index (χ4n) is 3.92. The van der Waals surface area contributed by atoms with Gasteiger partial charge in [-0.15, -0.1) is 29.9 Å². The van der Waals surface area contributed by atoms with Crippen LogP contribution in [0.5, 0.6) is 0 Å². The van der Waals surface area contributed by atoms with Gasteiger partial charge in [-0.25, -0.2) is 9.50 Å². The summed E-state index contributed by atoms with van der Waals surface area (Å²) < 4.78 is 1.64. The zero-order valence-electron chi connectivity index (χ0n) is 14.6. The summed E-state index contributed by atoms with van der Waals surface area (Å²) >= 11 is 0. The largest absolute Gasteiger partial charge is 0.336 e. The molecule has 0 spiro atoms. The average Bonchev–Trinajstić information content (AvgIpc) is 3.09. The highest BCUT2D eigenvalue weighted by atomic mass is 35.5. The molecule has 1 amide bonds. The van der Waals surface area contributed by atoms with Crippen LogP contribution in [0.2, 0.25) is 0 Å². The number of nitrogens with zero attached hydrogens (tertiary/aromatic N) is 5. The maximum absolute atomic E-state index is 12.8. The summed E-state index contributed by atoms with van der Waals surface area (Å²) in [4.78, 5) is 23.3. The standard InChI is InChI=1S/C16H22N6O.2ClH/c1-9-6-10(2)22-16(17-9)19-14(20-22)15(23)21(3)13-7-11-4-5-12(8-13)18-11;;/h6,11-13,18H,4-5,7-8H2,1-3H3;2*1H. The van der Waals surface area contributed by atoms with Gasteiger partial charge < -0.3 is 10.2 Å². The predicted octanol–water partition coefficient (Wildman–Crippen LogP) is 1.94. The third-order valence-corrected chi connectivity index (χ3v) is 5.13. The second-order valence-corrected chi connectivity index (χ2v) is 6.87. The SMILES string of the molecule is Cc1cc(C)n2nc(C(=O)N(C)C3CC4CCC(C3)N4)nc2n1.Cl.Cl. The van der Waals surface area contributed by atoms with E-state index in [0.29, 0.717) is 17.9 Å². The van der Waals surface area contributed by atoms with Crippen molar-refractivity contribution in [3.8, 4) is 0 Å². The Morgan fingerprint density at radius 1 is 1.20 bits per heavy atom. The summed E-state index contributed by atoms with van der Waals surface area (Å²) in [5.41, 5.74) is 1.81. The van der Waals surface area contributed by atoms with E-state index in [2.05, 4.69) is 20.4 Å². The van der Waals surface area contributed by atoms with Gasteiger partial charge in [0.15, 0.2) is 0 Å². The molecule has 2 aliphatic heterocycles. The van der Waals surface area contributed by atoms with Gasteiger partial charge in [-0.3, -0.25) is 4.79 Å². The number of aromatic nitrogens is 4. The predicted molar refractivity (Wildman–Crippen MR) is 99.8 cm³/mol. The van der Waals surface area contributed by atoms with E-state index in [-0.39, 0.29) is 42.6 Å². The van der Waals surface area contributed by atoms with Crippen LogP contribution in [0.25, 0.3) is 5.78 Å². The van der Waals surface area contributed by atoms with E-state index in [1.165, 1.54) is 12.8 Å². The topological polar surface area (TPSA) is 75.4 Å². The van der Waals surface area contributed by atoms with Crippen LogP contribution in [0.4, 0.5) is 0 Å². The Bertz CT molecular complexity index is 767. The lowest BCUT2D eigenvalue weighted by atomic mass is 9.98. The van der Waals surface area contributed by atoms with Gasteiger partial charge in [0.25, 0.3) is 11.7 Å². The van der Waals surface area contributed by atoms with Crippen molar-refractivity contribution < 1.29 is 4.79 Å². The third-order valence-electron chi connectivity index (χ3n) is 5.13. The summed E-state index contributed by atoms with van der Waals surface area (Å²) in [7, 11) is 1.87. The monoisotopic (exact) mass is 386 g/mol. The molecule has 2 unspecified atom stereocenters. The van der Waals surface area contributed by atoms with Gasteiger partial charge in [-0.05, 0) is 45.6 Å². The molecule has 2 aromatic rings. The lowest BCUT2D eigenvalue weighted by Gasteiger charge is -2.35. The van der Waals surface area contributed by atoms with Crippen LogP contribution in [-0.4, -0.2) is 55.6 Å². The van der Waals surface area contributed by atoms with Crippen molar-refractivity contribution in [3.05, 3.63) is 23.3 Å². The molecule has 9 heteroatoms. The molecule has 2 fully saturated rings. The molecule has 4 heterocycles. The maximum atomic E-state index is 12.8. The van der Waals surface area contributed by atoms with Crippen molar-refractivity contribution in [2.24, 2.45) is 0 Å². The van der Waals surface area contributed by atoms with Crippen LogP contribution >= 0.6 is 24.8 Å². The van der Waals surface area contributed by atoms with Gasteiger partial charge in [0.05, 0.1) is 0 Å². The molecule has 2 atom stereocenters. The third kappa shape index (κ3) is 3.59. The van der Waals surface area contributed by atoms with Crippen molar-refractivity contribution in [1.82, 2.24) is 29.8 Å². The fraction of sp³-hybridized carbons (Fsp3) is 0.625. The van der Waals surface area contributed by atoms with Gasteiger partial charge in [-0.1, -0.05) is 0 Å². The number of rotatable bonds is 2. The first-order chi connectivity index (χ1) is 11.0. The van der Waals surface area contributed by atoms with Gasteiger partial charge in [-0.2, -0.15) is 4.98 Å². The number of piperidine rings is 1. The molecule has 2 saturated heterocycles. The number of carbonyl (C=O) groups is 1. The average molecular weight is 387 g/mol. The second-order valence-electron chi connectivity index (χ2n) is 6.87. The molecule has 25 heavy (non-hydrogen) atoms. The number of amides is 1. The lowest BCUT2D eigenvalue weighted by molar-refractivity contribution is 0.0669. The molecule has 2 bridgehead atoms. The normalized spacial score (nSPS) is 24.5. The number of carbonyl (C=O) groups excluding carboxylic acids is 1. The highest BCUT2D eigenvalue weighted by Gasteiger charge is 2.37. The minimum absolute atomic E-state index is 0. The molecule has 7 nitrogen and oxygen atoms in total. The zero-order valence-corrected chi connectivity index (χ0v) is 16.2. The summed E-state index contributed by atoms with van der Waals surface area (Å²) in [5.74, 6) is 0.614. The van der Waals surface area contributed by atoms with E-state index >= 15 is 0 Å². The Morgan fingerprint density at radius 3 is 2.48 bits per heavy atom. The van der Waals surface area contributed by atoms with Crippen LogP contribution in [0.1, 0.15) is 47.7 Å². The van der Waals surface area contributed by atoms with Crippen LogP contribution in [-0.2, 0) is 0 Å². The van der Waals surface area contributed by atoms with E-state index in [9.17, 15) is 4.79 Å². The number of hydrogen-bond donors (Lipinski definition) is 1. The van der Waals surface area contributed by atoms with E-state index in [1.54, 1.807) is 4.52 Å². The Labute approximate surface area is 159 Å². The van der Waals surface area contributed by atoms with Crippen LogP contribution in [0.3, 0.4) is 0 Å². The molecule has 2 aromatic heterocycles. The molecule has 0 radical (unpaired) electrons. The number of fused-ring (bicyclic) bond motifs is 3. The second kappa shape index (κ2) is 7.43. The van der Waals surface area contributed by atoms with Crippen molar-refractivity contribution in [1.29, 1.82) is 0 Å². The molecule has 0 aromatic carbocycles. The van der Waals surface area contributed by atoms with E-state index in [1.807, 2.05) is 31.9 Å². The summed E-state index contributed by atoms with van der Waals surface area (Å²) in [5, 5.41) is 7.96. The molecular formula is C16H24Cl2N6O. The smallest absolute Gasteiger partial charge is 0.293 e. The van der Waals surface area contributed by atoms with E-state index in [0.717, 1.165) is 24.2 Å². The molecular weight excluding hydrogens is 363 g/mol. The summed E-state index contributed by atoms with van der Waals surface area (Å²) in [6.07, 6.45) is 4.47. The Balaban J connectivity index is 0.00000113. The molecule has 4 rings (SSSR count). The van der Waals surface area contributed by atoms with Crippen molar-refractivity contribution in [3.63, 3.8) is 0 Å². The first-order valence-corrected chi connectivity index (χ1v) is 8.25. The fourth-order valence-corrected chi connectivity index (χ4v) is 3.92. The number of nitrogens with one attached hydrogen (secondary N) is 1. The summed E-state index contributed by atoms with van der Waals surface area (Å²) in [6, 6.07) is 3.30. The molecule has 0 saturated carbocycles. The van der Waals surface area contributed by atoms with Gasteiger partial charge >= 0.3 is 0 Å². The van der Waals surface area contributed by atoms with Crippen molar-refractivity contribution in [2.75, 3.05) is 7.05 Å². The van der Waals surface area contributed by atoms with E-state index in [4.69, 9.17) is 0 Å². The molecule has 2 aliphatic rings. The minimum Gasteiger partial charge on any atom is -0.336 e. The molecule has 1 N–H and O–H groups in total. The Kier molecular flexibility index (Phi) is 5.91. The highest BCUT2D eigenvalue weighted by Crippen LogP contribution is 2.29. The number of aryl methyl sites for hydroxylation is 2.